The molecule has 0 unspecified atom stereocenters. The van der Waals surface area contributed by atoms with Gasteiger partial charge >= 0.3 is 6.18 Å². The summed E-state index contributed by atoms with van der Waals surface area (Å²) in [5.74, 6) is -1.35. The fourth-order valence-electron chi connectivity index (χ4n) is 5.67. The number of hydrogen-bond acceptors (Lipinski definition) is 2. The molecule has 0 N–H and O–H groups in total. The van der Waals surface area contributed by atoms with Crippen LogP contribution < -0.4 is 0 Å². The van der Waals surface area contributed by atoms with Crippen molar-refractivity contribution in [3.05, 3.63) is 59.7 Å². The van der Waals surface area contributed by atoms with Crippen molar-refractivity contribution >= 4 is 11.6 Å². The van der Waals surface area contributed by atoms with Gasteiger partial charge in [-0.3, -0.25) is 9.59 Å². The molecular weight excluding hydrogens is 485 g/mol. The lowest BCUT2D eigenvalue weighted by Crippen LogP contribution is -2.25. The van der Waals surface area contributed by atoms with E-state index in [1.54, 1.807) is 12.1 Å². The van der Waals surface area contributed by atoms with Crippen LogP contribution in [0.15, 0.2) is 48.5 Å². The first-order valence-corrected chi connectivity index (χ1v) is 14.6. The van der Waals surface area contributed by atoms with Crippen LogP contribution in [0.25, 0.3) is 11.1 Å². The van der Waals surface area contributed by atoms with Crippen LogP contribution in [0.3, 0.4) is 0 Å². The molecule has 3 rings (SSSR count). The van der Waals surface area contributed by atoms with Crippen LogP contribution in [0.1, 0.15) is 125 Å². The van der Waals surface area contributed by atoms with Crippen LogP contribution in [0.2, 0.25) is 0 Å². The Kier molecular flexibility index (Phi) is 12.1. The molecule has 0 saturated heterocycles. The van der Waals surface area contributed by atoms with E-state index in [1.165, 1.54) is 108 Å². The summed E-state index contributed by atoms with van der Waals surface area (Å²) in [6.07, 6.45) is 12.8. The highest BCUT2D eigenvalue weighted by atomic mass is 19.4. The molecule has 5 heteroatoms. The van der Waals surface area contributed by atoms with Crippen molar-refractivity contribution in [3.63, 3.8) is 0 Å². The van der Waals surface area contributed by atoms with Gasteiger partial charge in [-0.2, -0.15) is 13.2 Å². The van der Waals surface area contributed by atoms with Crippen molar-refractivity contribution in [3.8, 4) is 11.1 Å². The van der Waals surface area contributed by atoms with Crippen LogP contribution in [0.5, 0.6) is 0 Å². The van der Waals surface area contributed by atoms with Crippen LogP contribution >= 0.6 is 0 Å². The van der Waals surface area contributed by atoms with E-state index >= 15 is 0 Å². The first-order valence-electron chi connectivity index (χ1n) is 14.6. The molecule has 0 atom stereocenters. The highest BCUT2D eigenvalue weighted by molar-refractivity contribution is 6.09. The summed E-state index contributed by atoms with van der Waals surface area (Å²) in [5, 5.41) is 0. The molecule has 0 aliphatic heterocycles. The number of hydrogen-bond donors (Lipinski definition) is 0. The van der Waals surface area contributed by atoms with Crippen molar-refractivity contribution in [2.24, 2.45) is 5.92 Å². The Morgan fingerprint density at radius 3 is 1.74 bits per heavy atom. The molecule has 1 aliphatic rings. The molecule has 0 amide bonds. The second-order valence-corrected chi connectivity index (χ2v) is 11.1. The summed E-state index contributed by atoms with van der Waals surface area (Å²) in [5.41, 5.74) is 3.37. The fraction of sp³-hybridized carbons (Fsp3) is 0.576. The summed E-state index contributed by atoms with van der Waals surface area (Å²) < 4.78 is 37.3. The third-order valence-electron chi connectivity index (χ3n) is 8.12. The fourth-order valence-corrected chi connectivity index (χ4v) is 5.67. The third-order valence-corrected chi connectivity index (χ3v) is 8.12. The van der Waals surface area contributed by atoms with E-state index in [1.807, 2.05) is 0 Å². The van der Waals surface area contributed by atoms with E-state index in [-0.39, 0.29) is 5.56 Å². The second kappa shape index (κ2) is 15.2. The molecule has 1 aliphatic carbocycles. The summed E-state index contributed by atoms with van der Waals surface area (Å²) in [7, 11) is 0. The van der Waals surface area contributed by atoms with Crippen LogP contribution in [-0.2, 0) is 4.79 Å². The minimum Gasteiger partial charge on any atom is -0.294 e. The molecule has 38 heavy (non-hydrogen) atoms. The van der Waals surface area contributed by atoms with Gasteiger partial charge in [0.15, 0.2) is 5.78 Å². The van der Waals surface area contributed by atoms with E-state index < -0.39 is 24.2 Å². The largest absolute Gasteiger partial charge is 0.450 e. The number of rotatable bonds is 15. The number of benzene rings is 2. The number of halogens is 3. The van der Waals surface area contributed by atoms with Gasteiger partial charge in [0.25, 0.3) is 0 Å². The predicted octanol–water partition coefficient (Wildman–Crippen LogP) is 10.3. The van der Waals surface area contributed by atoms with Crippen molar-refractivity contribution in [2.75, 3.05) is 0 Å². The molecule has 2 aromatic carbocycles. The van der Waals surface area contributed by atoms with Gasteiger partial charge in [-0.05, 0) is 54.2 Å². The lowest BCUT2D eigenvalue weighted by atomic mass is 9.77. The zero-order valence-corrected chi connectivity index (χ0v) is 22.8. The summed E-state index contributed by atoms with van der Waals surface area (Å²) in [6.45, 7) is 2.27. The van der Waals surface area contributed by atoms with E-state index in [9.17, 15) is 22.8 Å². The Bertz CT molecular complexity index is 984. The molecule has 1 saturated carbocycles. The first kappa shape index (κ1) is 30.1. The Morgan fingerprint density at radius 2 is 1.21 bits per heavy atom. The molecule has 1 fully saturated rings. The third kappa shape index (κ3) is 9.71. The lowest BCUT2D eigenvalue weighted by Gasteiger charge is -2.29. The number of carbonyl (C=O) groups excluding carboxylic acids is 2. The summed E-state index contributed by atoms with van der Waals surface area (Å²) in [4.78, 5) is 23.1. The van der Waals surface area contributed by atoms with Crippen molar-refractivity contribution in [2.45, 2.75) is 115 Å². The number of unbranched alkanes of at least 4 members (excludes halogenated alkanes) is 8. The van der Waals surface area contributed by atoms with Crippen molar-refractivity contribution < 1.29 is 22.8 Å². The molecule has 0 bridgehead atoms. The maximum Gasteiger partial charge on any atom is 0.450 e. The van der Waals surface area contributed by atoms with Gasteiger partial charge in [0.1, 0.15) is 0 Å². The maximum absolute atomic E-state index is 12.4. The quantitative estimate of drug-likeness (QED) is 0.131. The summed E-state index contributed by atoms with van der Waals surface area (Å²) in [6, 6.07) is 14.9. The SMILES string of the molecule is CCCCCCCCCCCC1CCC(c2ccc(-c3ccc(C(=O)CC(=O)C(F)(F)F)cc3)cc2)CC1. The molecule has 2 aromatic rings. The van der Waals surface area contributed by atoms with Gasteiger partial charge in [0, 0.05) is 5.56 Å². The Labute approximate surface area is 226 Å². The highest BCUT2D eigenvalue weighted by Gasteiger charge is 2.39. The van der Waals surface area contributed by atoms with Crippen LogP contribution in [0, 0.1) is 5.92 Å². The minimum atomic E-state index is -4.98. The second-order valence-electron chi connectivity index (χ2n) is 11.1. The van der Waals surface area contributed by atoms with Gasteiger partial charge in [-0.15, -0.1) is 0 Å². The molecule has 0 spiro atoms. The van der Waals surface area contributed by atoms with Gasteiger partial charge < -0.3 is 0 Å². The van der Waals surface area contributed by atoms with E-state index in [0.29, 0.717) is 5.92 Å². The number of Topliss-reactive ketones (excluding diaryl/α,β-unsaturated/α-hetero) is 2. The zero-order chi connectivity index (χ0) is 27.4. The van der Waals surface area contributed by atoms with Gasteiger partial charge in [-0.25, -0.2) is 0 Å². The van der Waals surface area contributed by atoms with E-state index in [2.05, 4.69) is 31.2 Å². The topological polar surface area (TPSA) is 34.1 Å². The van der Waals surface area contributed by atoms with Gasteiger partial charge in [0.2, 0.25) is 5.78 Å². The summed E-state index contributed by atoms with van der Waals surface area (Å²) >= 11 is 0. The van der Waals surface area contributed by atoms with Crippen molar-refractivity contribution in [1.82, 2.24) is 0 Å². The average Bonchev–Trinajstić information content (AvgIpc) is 2.92. The van der Waals surface area contributed by atoms with E-state index in [4.69, 9.17) is 0 Å². The molecule has 2 nitrogen and oxygen atoms in total. The van der Waals surface area contributed by atoms with E-state index in [0.717, 1.165) is 17.0 Å². The molecular formula is C33H43F3O2. The molecule has 0 radical (unpaired) electrons. The standard InChI is InChI=1S/C33H43F3O2/c1-2-3-4-5-6-7-8-9-10-11-25-12-14-26(15-13-25)27-16-18-28(19-17-27)29-20-22-30(23-21-29)31(37)24-32(38)33(34,35)36/h16-23,25-26H,2-15,24H2,1H3. The molecule has 208 valence electrons. The first-order chi connectivity index (χ1) is 18.3. The predicted molar refractivity (Wildman–Crippen MR) is 148 cm³/mol. The van der Waals surface area contributed by atoms with Crippen LogP contribution in [0.4, 0.5) is 13.2 Å². The Balaban J connectivity index is 1.38. The Morgan fingerprint density at radius 1 is 0.711 bits per heavy atom. The normalized spacial score (nSPS) is 17.9. The monoisotopic (exact) mass is 528 g/mol. The highest BCUT2D eigenvalue weighted by Crippen LogP contribution is 2.38. The smallest absolute Gasteiger partial charge is 0.294 e. The van der Waals surface area contributed by atoms with Crippen molar-refractivity contribution in [1.29, 1.82) is 0 Å². The zero-order valence-electron chi connectivity index (χ0n) is 22.8. The minimum absolute atomic E-state index is 0.113. The lowest BCUT2D eigenvalue weighted by molar-refractivity contribution is -0.170. The number of alkyl halides is 3. The Hall–Kier alpha value is -2.43. The molecule has 0 aromatic heterocycles. The molecule has 0 heterocycles. The number of carbonyl (C=O) groups is 2. The van der Waals surface area contributed by atoms with Gasteiger partial charge in [0.05, 0.1) is 6.42 Å². The number of ketones is 2. The van der Waals surface area contributed by atoms with Gasteiger partial charge in [-0.1, -0.05) is 120 Å². The van der Waals surface area contributed by atoms with Crippen LogP contribution in [-0.4, -0.2) is 17.7 Å². The average molecular weight is 529 g/mol. The maximum atomic E-state index is 12.4.